The molecular formula is C21H19Cl4F3N2S. The number of benzene rings is 2. The SMILES string of the molecule is CCN(C)C(=S)NCc1ccc(C=CC(c2cc(Cl)c(Cl)c(Cl)c2)C(F)(F)F)cc1Cl. The third-order valence-corrected chi connectivity index (χ3v) is 6.53. The van der Waals surface area contributed by atoms with Crippen molar-refractivity contribution in [1.82, 2.24) is 10.2 Å². The van der Waals surface area contributed by atoms with Crippen molar-refractivity contribution < 1.29 is 13.2 Å². The summed E-state index contributed by atoms with van der Waals surface area (Å²) in [5.41, 5.74) is 1.18. The van der Waals surface area contributed by atoms with Crippen molar-refractivity contribution >= 4 is 69.8 Å². The minimum Gasteiger partial charge on any atom is -0.358 e. The molecule has 0 bridgehead atoms. The number of rotatable bonds is 6. The van der Waals surface area contributed by atoms with Gasteiger partial charge >= 0.3 is 6.18 Å². The van der Waals surface area contributed by atoms with Gasteiger partial charge in [-0.15, -0.1) is 0 Å². The van der Waals surface area contributed by atoms with Crippen LogP contribution in [0.4, 0.5) is 13.2 Å². The molecule has 0 radical (unpaired) electrons. The first-order chi connectivity index (χ1) is 14.4. The summed E-state index contributed by atoms with van der Waals surface area (Å²) in [7, 11) is 1.86. The lowest BCUT2D eigenvalue weighted by Gasteiger charge is -2.19. The molecule has 2 rings (SSSR count). The Balaban J connectivity index is 2.23. The highest BCUT2D eigenvalue weighted by molar-refractivity contribution is 7.80. The molecule has 0 fully saturated rings. The molecule has 0 amide bonds. The Morgan fingerprint density at radius 2 is 1.71 bits per heavy atom. The topological polar surface area (TPSA) is 15.3 Å². The Morgan fingerprint density at radius 1 is 1.10 bits per heavy atom. The molecule has 1 atom stereocenters. The first kappa shape index (κ1) is 26.1. The molecule has 2 aromatic rings. The van der Waals surface area contributed by atoms with Crippen LogP contribution in [0.1, 0.15) is 29.5 Å². The van der Waals surface area contributed by atoms with Gasteiger partial charge in [0.1, 0.15) is 0 Å². The van der Waals surface area contributed by atoms with E-state index in [1.165, 1.54) is 6.08 Å². The van der Waals surface area contributed by atoms with Crippen LogP contribution in [0.15, 0.2) is 36.4 Å². The zero-order valence-electron chi connectivity index (χ0n) is 16.5. The Bertz CT molecular complexity index is 957. The number of thiocarbonyl (C=S) groups is 1. The quantitative estimate of drug-likeness (QED) is 0.301. The average Bonchev–Trinajstić information content (AvgIpc) is 2.69. The third kappa shape index (κ3) is 7.16. The number of nitrogens with zero attached hydrogens (tertiary/aromatic N) is 1. The molecule has 1 N–H and O–H groups in total. The maximum absolute atomic E-state index is 13.7. The number of hydrogen-bond acceptors (Lipinski definition) is 1. The molecule has 0 spiro atoms. The lowest BCUT2D eigenvalue weighted by atomic mass is 9.97. The molecule has 10 heteroatoms. The standard InChI is InChI=1S/C21H19Cl4F3N2S/c1-3-30(2)20(31)29-11-13-6-4-12(8-16(13)22)5-7-15(21(26,27)28)14-9-17(23)19(25)18(24)10-14/h4-10,15H,3,11H2,1-2H3,(H,29,31). The van der Waals surface area contributed by atoms with Gasteiger partial charge in [0.05, 0.1) is 21.0 Å². The van der Waals surface area contributed by atoms with Crippen LogP contribution in [0.25, 0.3) is 6.08 Å². The maximum Gasteiger partial charge on any atom is 0.399 e. The summed E-state index contributed by atoms with van der Waals surface area (Å²) in [6.45, 7) is 3.13. The lowest BCUT2D eigenvalue weighted by molar-refractivity contribution is -0.139. The molecule has 0 aliphatic heterocycles. The van der Waals surface area contributed by atoms with Crippen LogP contribution >= 0.6 is 58.6 Å². The Kier molecular flexibility index (Phi) is 9.34. The van der Waals surface area contributed by atoms with Crippen molar-refractivity contribution in [2.45, 2.75) is 25.6 Å². The second-order valence-electron chi connectivity index (χ2n) is 6.70. The van der Waals surface area contributed by atoms with Crippen LogP contribution in [-0.2, 0) is 6.54 Å². The minimum atomic E-state index is -4.55. The van der Waals surface area contributed by atoms with Crippen molar-refractivity contribution in [3.8, 4) is 0 Å². The summed E-state index contributed by atoms with van der Waals surface area (Å²) in [4.78, 5) is 1.87. The van der Waals surface area contributed by atoms with E-state index in [-0.39, 0.29) is 20.6 Å². The Hall–Kier alpha value is -1.18. The number of halogens is 7. The van der Waals surface area contributed by atoms with Crippen molar-refractivity contribution in [2.75, 3.05) is 13.6 Å². The van der Waals surface area contributed by atoms with Crippen LogP contribution in [0, 0.1) is 0 Å². The van der Waals surface area contributed by atoms with Gasteiger partial charge in [0, 0.05) is 25.2 Å². The highest BCUT2D eigenvalue weighted by atomic mass is 35.5. The molecule has 0 saturated carbocycles. The molecule has 0 aliphatic rings. The number of nitrogens with one attached hydrogen (secondary N) is 1. The van der Waals surface area contributed by atoms with E-state index >= 15 is 0 Å². The van der Waals surface area contributed by atoms with Crippen LogP contribution in [-0.4, -0.2) is 29.8 Å². The second kappa shape index (κ2) is 11.1. The largest absolute Gasteiger partial charge is 0.399 e. The highest BCUT2D eigenvalue weighted by Crippen LogP contribution is 2.41. The van der Waals surface area contributed by atoms with E-state index in [4.69, 9.17) is 58.6 Å². The molecule has 1 unspecified atom stereocenters. The molecular weight excluding hydrogens is 511 g/mol. The van der Waals surface area contributed by atoms with Gasteiger partial charge in [-0.1, -0.05) is 70.7 Å². The summed E-state index contributed by atoms with van der Waals surface area (Å²) in [5, 5.41) is 4.01. The van der Waals surface area contributed by atoms with Gasteiger partial charge in [0.15, 0.2) is 5.11 Å². The summed E-state index contributed by atoms with van der Waals surface area (Å²) in [5.74, 6) is -1.91. The van der Waals surface area contributed by atoms with E-state index in [0.29, 0.717) is 22.2 Å². The van der Waals surface area contributed by atoms with Crippen molar-refractivity contribution in [3.63, 3.8) is 0 Å². The van der Waals surface area contributed by atoms with Crippen molar-refractivity contribution in [3.05, 3.63) is 73.2 Å². The summed E-state index contributed by atoms with van der Waals surface area (Å²) < 4.78 is 41.0. The van der Waals surface area contributed by atoms with Gasteiger partial charge in [-0.3, -0.25) is 0 Å². The number of allylic oxidation sites excluding steroid dienone is 1. The molecule has 31 heavy (non-hydrogen) atoms. The fraction of sp³-hybridized carbons (Fsp3) is 0.286. The van der Waals surface area contributed by atoms with E-state index in [2.05, 4.69) is 5.32 Å². The summed E-state index contributed by atoms with van der Waals surface area (Å²) in [6.07, 6.45) is -2.16. The predicted molar refractivity (Wildman–Crippen MR) is 128 cm³/mol. The molecule has 0 aliphatic carbocycles. The molecule has 0 heterocycles. The summed E-state index contributed by atoms with van der Waals surface area (Å²) >= 11 is 29.2. The van der Waals surface area contributed by atoms with E-state index in [1.807, 2.05) is 18.9 Å². The zero-order chi connectivity index (χ0) is 23.3. The predicted octanol–water partition coefficient (Wildman–Crippen LogP) is 7.99. The molecule has 2 aromatic carbocycles. The van der Waals surface area contributed by atoms with E-state index in [1.54, 1.807) is 18.2 Å². The molecule has 2 nitrogen and oxygen atoms in total. The lowest BCUT2D eigenvalue weighted by Crippen LogP contribution is -2.36. The molecule has 168 valence electrons. The van der Waals surface area contributed by atoms with Gasteiger partial charge in [-0.2, -0.15) is 13.2 Å². The third-order valence-electron chi connectivity index (χ3n) is 4.53. The van der Waals surface area contributed by atoms with E-state index in [0.717, 1.165) is 30.3 Å². The van der Waals surface area contributed by atoms with Gasteiger partial charge < -0.3 is 10.2 Å². The fourth-order valence-corrected chi connectivity index (χ4v) is 3.70. The normalized spacial score (nSPS) is 12.8. The van der Waals surface area contributed by atoms with Gasteiger partial charge in [-0.05, 0) is 54.0 Å². The van der Waals surface area contributed by atoms with Crippen LogP contribution in [0.2, 0.25) is 20.1 Å². The monoisotopic (exact) mass is 528 g/mol. The fourth-order valence-electron chi connectivity index (χ4n) is 2.63. The van der Waals surface area contributed by atoms with Crippen molar-refractivity contribution in [1.29, 1.82) is 0 Å². The number of hydrogen-bond donors (Lipinski definition) is 1. The van der Waals surface area contributed by atoms with Crippen molar-refractivity contribution in [2.24, 2.45) is 0 Å². The number of alkyl halides is 3. The van der Waals surface area contributed by atoms with Gasteiger partial charge in [0.25, 0.3) is 0 Å². The Morgan fingerprint density at radius 3 is 2.23 bits per heavy atom. The van der Waals surface area contributed by atoms with Gasteiger partial charge in [-0.25, -0.2) is 0 Å². The molecule has 0 aromatic heterocycles. The smallest absolute Gasteiger partial charge is 0.358 e. The van der Waals surface area contributed by atoms with Crippen LogP contribution in [0.3, 0.4) is 0 Å². The van der Waals surface area contributed by atoms with Crippen LogP contribution in [0.5, 0.6) is 0 Å². The van der Waals surface area contributed by atoms with E-state index < -0.39 is 12.1 Å². The average molecular weight is 530 g/mol. The second-order valence-corrected chi connectivity index (χ2v) is 8.69. The molecule has 0 saturated heterocycles. The minimum absolute atomic E-state index is 0.0116. The van der Waals surface area contributed by atoms with Crippen LogP contribution < -0.4 is 5.32 Å². The Labute approximate surface area is 204 Å². The first-order valence-electron chi connectivity index (χ1n) is 9.10. The zero-order valence-corrected chi connectivity index (χ0v) is 20.4. The maximum atomic E-state index is 13.7. The first-order valence-corrected chi connectivity index (χ1v) is 11.0. The van der Waals surface area contributed by atoms with Gasteiger partial charge in [0.2, 0.25) is 0 Å². The summed E-state index contributed by atoms with van der Waals surface area (Å²) in [6, 6.07) is 7.34. The van der Waals surface area contributed by atoms with E-state index in [9.17, 15) is 13.2 Å². The highest BCUT2D eigenvalue weighted by Gasteiger charge is 2.39.